The average molecular weight is 349 g/mol. The molecule has 0 saturated heterocycles. The minimum atomic E-state index is -1.05. The Hall–Kier alpha value is -1.76. The van der Waals surface area contributed by atoms with Crippen molar-refractivity contribution in [1.82, 2.24) is 0 Å². The second kappa shape index (κ2) is 7.23. The summed E-state index contributed by atoms with van der Waals surface area (Å²) in [4.78, 5) is 24.7. The number of carbonyl (C=O) groups is 2. The molecule has 138 valence electrons. The zero-order valence-corrected chi connectivity index (χ0v) is 15.3. The van der Waals surface area contributed by atoms with Crippen molar-refractivity contribution in [3.63, 3.8) is 0 Å². The molecule has 0 aliphatic heterocycles. The molecule has 1 aromatic rings. The maximum Gasteiger partial charge on any atom is 0.338 e. The number of carbonyl (C=O) groups excluding carboxylic acids is 2. The van der Waals surface area contributed by atoms with E-state index in [9.17, 15) is 14.8 Å². The Balaban J connectivity index is 1.90. The van der Waals surface area contributed by atoms with Gasteiger partial charge >= 0.3 is 5.97 Å². The molecule has 1 aromatic carbocycles. The smallest absolute Gasteiger partial charge is 0.338 e. The molecule has 2 N–H and O–H groups in total. The van der Waals surface area contributed by atoms with E-state index in [0.717, 1.165) is 12.8 Å². The van der Waals surface area contributed by atoms with Crippen LogP contribution in [-0.2, 0) is 9.53 Å². The van der Waals surface area contributed by atoms with Gasteiger partial charge in [0.25, 0.3) is 0 Å². The predicted octanol–water partition coefficient (Wildman–Crippen LogP) is 2.67. The Morgan fingerprint density at radius 3 is 2.36 bits per heavy atom. The fourth-order valence-corrected chi connectivity index (χ4v) is 3.58. The van der Waals surface area contributed by atoms with Crippen molar-refractivity contribution in [3.05, 3.63) is 35.0 Å². The number of hydrogen-bond donors (Lipinski definition) is 2. The summed E-state index contributed by atoms with van der Waals surface area (Å²) in [6, 6.07) is 5.54. The Labute approximate surface area is 148 Å². The van der Waals surface area contributed by atoms with Gasteiger partial charge in [-0.3, -0.25) is 4.79 Å². The van der Waals surface area contributed by atoms with Crippen LogP contribution < -0.4 is 5.23 Å². The maximum absolute atomic E-state index is 12.7. The van der Waals surface area contributed by atoms with Crippen molar-refractivity contribution in [3.8, 4) is 0 Å². The highest BCUT2D eigenvalue weighted by atomic mass is 16.8. The monoisotopic (exact) mass is 349 g/mol. The minimum absolute atomic E-state index is 0.0401. The van der Waals surface area contributed by atoms with Gasteiger partial charge < -0.3 is 9.94 Å². The van der Waals surface area contributed by atoms with Gasteiger partial charge in [-0.25, -0.2) is 10.0 Å². The number of hydrogen-bond acceptors (Lipinski definition) is 5. The van der Waals surface area contributed by atoms with Gasteiger partial charge in [0.15, 0.2) is 5.69 Å². The topological polar surface area (TPSA) is 91.1 Å². The molecule has 1 fully saturated rings. The van der Waals surface area contributed by atoms with Crippen LogP contribution in [-0.4, -0.2) is 23.6 Å². The molecular formula is C19H27NO5. The molecule has 0 spiro atoms. The van der Waals surface area contributed by atoms with Gasteiger partial charge in [-0.15, -0.1) is 0 Å². The Bertz CT molecular complexity index is 638. The fraction of sp³-hybridized carbons (Fsp3) is 0.579. The van der Waals surface area contributed by atoms with Crippen molar-refractivity contribution >= 4 is 17.4 Å². The summed E-state index contributed by atoms with van der Waals surface area (Å²) >= 11 is 0. The molecule has 1 saturated carbocycles. The van der Waals surface area contributed by atoms with Crippen LogP contribution in [0.5, 0.6) is 0 Å². The maximum atomic E-state index is 12.7. The summed E-state index contributed by atoms with van der Waals surface area (Å²) < 4.78 is 5.19. The van der Waals surface area contributed by atoms with E-state index < -0.39 is 11.2 Å². The normalized spacial score (nSPS) is 26.2. The quantitative estimate of drug-likeness (QED) is 0.608. The van der Waals surface area contributed by atoms with E-state index in [0.29, 0.717) is 5.92 Å². The minimum Gasteiger partial charge on any atom is -0.595 e. The number of esters is 1. The van der Waals surface area contributed by atoms with Crippen molar-refractivity contribution < 1.29 is 24.8 Å². The van der Waals surface area contributed by atoms with Gasteiger partial charge in [0.05, 0.1) is 12.2 Å². The summed E-state index contributed by atoms with van der Waals surface area (Å²) in [7, 11) is 0. The van der Waals surface area contributed by atoms with Crippen LogP contribution in [0.25, 0.3) is 0 Å². The van der Waals surface area contributed by atoms with Crippen LogP contribution in [0.2, 0.25) is 0 Å². The lowest BCUT2D eigenvalue weighted by molar-refractivity contribution is -0.991. The lowest BCUT2D eigenvalue weighted by atomic mass is 9.63. The first-order chi connectivity index (χ1) is 11.6. The first-order valence-electron chi connectivity index (χ1n) is 8.63. The highest BCUT2D eigenvalue weighted by Gasteiger charge is 2.53. The molecule has 3 atom stereocenters. The molecule has 0 amide bonds. The molecule has 6 heteroatoms. The molecule has 2 rings (SSSR count). The molecule has 3 unspecified atom stereocenters. The number of ketones is 1. The summed E-state index contributed by atoms with van der Waals surface area (Å²) in [5.74, 6) is 0.0709. The van der Waals surface area contributed by atoms with Crippen molar-refractivity contribution in [2.45, 2.75) is 47.0 Å². The van der Waals surface area contributed by atoms with Gasteiger partial charge in [0.1, 0.15) is 5.78 Å². The van der Waals surface area contributed by atoms with Crippen LogP contribution in [0, 0.1) is 22.0 Å². The van der Waals surface area contributed by atoms with Gasteiger partial charge in [-0.1, -0.05) is 27.7 Å². The molecule has 6 nitrogen and oxygen atoms in total. The first kappa shape index (κ1) is 19.6. The van der Waals surface area contributed by atoms with Gasteiger partial charge in [-0.05, 0) is 36.3 Å². The van der Waals surface area contributed by atoms with Crippen LogP contribution in [0.15, 0.2) is 24.3 Å². The SMILES string of the molecule is CC1CCC(C)(C(=O)CCOC(=O)c2ccc([NH+]([O-])O)cc2)C1(C)C. The van der Waals surface area contributed by atoms with Gasteiger partial charge in [0, 0.05) is 24.0 Å². The predicted molar refractivity (Wildman–Crippen MR) is 92.4 cm³/mol. The van der Waals surface area contributed by atoms with Crippen molar-refractivity contribution in [1.29, 1.82) is 0 Å². The first-order valence-corrected chi connectivity index (χ1v) is 8.63. The van der Waals surface area contributed by atoms with E-state index in [1.165, 1.54) is 24.3 Å². The zero-order valence-electron chi connectivity index (χ0n) is 15.3. The van der Waals surface area contributed by atoms with Gasteiger partial charge in [0.2, 0.25) is 0 Å². The number of quaternary nitrogens is 1. The van der Waals surface area contributed by atoms with E-state index in [4.69, 9.17) is 9.94 Å². The Morgan fingerprint density at radius 1 is 1.28 bits per heavy atom. The third-order valence-corrected chi connectivity index (χ3v) is 6.28. The van der Waals surface area contributed by atoms with Crippen molar-refractivity contribution in [2.24, 2.45) is 16.7 Å². The second-order valence-electron chi connectivity index (χ2n) is 7.69. The van der Waals surface area contributed by atoms with E-state index in [1.807, 2.05) is 6.92 Å². The van der Waals surface area contributed by atoms with E-state index in [1.54, 1.807) is 0 Å². The fourth-order valence-electron chi connectivity index (χ4n) is 3.58. The number of Topliss-reactive ketones (excluding diaryl/α,β-unsaturated/α-hetero) is 1. The number of nitrogens with one attached hydrogen (secondary N) is 1. The molecule has 0 aromatic heterocycles. The average Bonchev–Trinajstić information content (AvgIpc) is 2.78. The zero-order chi connectivity index (χ0) is 18.8. The molecule has 25 heavy (non-hydrogen) atoms. The van der Waals surface area contributed by atoms with Crippen molar-refractivity contribution in [2.75, 3.05) is 6.61 Å². The van der Waals surface area contributed by atoms with Crippen LogP contribution in [0.1, 0.15) is 57.3 Å². The molecule has 0 radical (unpaired) electrons. The Morgan fingerprint density at radius 2 is 1.88 bits per heavy atom. The van der Waals surface area contributed by atoms with Crippen LogP contribution >= 0.6 is 0 Å². The number of benzene rings is 1. The second-order valence-corrected chi connectivity index (χ2v) is 7.69. The molecule has 0 heterocycles. The van der Waals surface area contributed by atoms with Crippen LogP contribution in [0.4, 0.5) is 5.69 Å². The molecular weight excluding hydrogens is 322 g/mol. The van der Waals surface area contributed by atoms with Crippen LogP contribution in [0.3, 0.4) is 0 Å². The highest BCUT2D eigenvalue weighted by Crippen LogP contribution is 2.56. The highest BCUT2D eigenvalue weighted by molar-refractivity contribution is 5.90. The lowest BCUT2D eigenvalue weighted by Crippen LogP contribution is -2.99. The summed E-state index contributed by atoms with van der Waals surface area (Å²) in [6.07, 6.45) is 2.10. The van der Waals surface area contributed by atoms with E-state index in [2.05, 4.69) is 20.8 Å². The third-order valence-electron chi connectivity index (χ3n) is 6.28. The standard InChI is InChI=1S/C19H27NO5/c1-13-9-11-19(4,18(13,2)3)16(21)10-12-25-17(22)14-5-7-15(8-6-14)20(23)24/h5-8,13,20,23H,9-12H2,1-4H3. The largest absolute Gasteiger partial charge is 0.595 e. The number of rotatable bonds is 6. The van der Waals surface area contributed by atoms with E-state index >= 15 is 0 Å². The molecule has 1 aliphatic rings. The number of ether oxygens (including phenoxy) is 1. The third kappa shape index (κ3) is 3.76. The summed E-state index contributed by atoms with van der Waals surface area (Å²) in [5.41, 5.74) is -0.0707. The molecule has 1 aliphatic carbocycles. The summed E-state index contributed by atoms with van der Waals surface area (Å²) in [6.45, 7) is 8.51. The van der Waals surface area contributed by atoms with Gasteiger partial charge in [-0.2, -0.15) is 5.23 Å². The molecule has 0 bridgehead atoms. The van der Waals surface area contributed by atoms with E-state index in [-0.39, 0.29) is 40.9 Å². The Kier molecular flexibility index (Phi) is 5.66. The summed E-state index contributed by atoms with van der Waals surface area (Å²) in [5, 5.41) is 18.6. The lowest BCUT2D eigenvalue weighted by Gasteiger charge is -2.39.